The molecule has 1 aliphatic heterocycles. The lowest BCUT2D eigenvalue weighted by Gasteiger charge is -2.29. The number of anilines is 2. The van der Waals surface area contributed by atoms with Crippen molar-refractivity contribution in [3.05, 3.63) is 69.9 Å². The van der Waals surface area contributed by atoms with Crippen molar-refractivity contribution in [2.45, 2.75) is 39.2 Å². The van der Waals surface area contributed by atoms with Crippen molar-refractivity contribution in [2.24, 2.45) is 0 Å². The molecule has 0 saturated carbocycles. The van der Waals surface area contributed by atoms with Gasteiger partial charge in [0.1, 0.15) is 24.2 Å². The molecule has 12 heteroatoms. The Hall–Kier alpha value is -3.59. The number of nitrogens with one attached hydrogen (secondary N) is 1. The van der Waals surface area contributed by atoms with Crippen molar-refractivity contribution < 1.29 is 22.6 Å². The summed E-state index contributed by atoms with van der Waals surface area (Å²) in [6.45, 7) is 9.15. The van der Waals surface area contributed by atoms with Crippen LogP contribution in [0.5, 0.6) is 11.5 Å². The Kier molecular flexibility index (Phi) is 9.58. The molecule has 1 saturated heterocycles. The van der Waals surface area contributed by atoms with Crippen LogP contribution in [-0.2, 0) is 26.8 Å². The van der Waals surface area contributed by atoms with Gasteiger partial charge in [0.25, 0.3) is 0 Å². The van der Waals surface area contributed by atoms with Gasteiger partial charge in [-0.2, -0.15) is 10.2 Å². The van der Waals surface area contributed by atoms with Crippen LogP contribution in [0.1, 0.15) is 49.4 Å². The first-order valence-corrected chi connectivity index (χ1v) is 15.6. The third kappa shape index (κ3) is 7.58. The Morgan fingerprint density at radius 1 is 1.15 bits per heavy atom. The Balaban J connectivity index is 1.52. The lowest BCUT2D eigenvalue weighted by Crippen LogP contribution is -2.37. The van der Waals surface area contributed by atoms with Gasteiger partial charge in [0, 0.05) is 24.7 Å². The van der Waals surface area contributed by atoms with Crippen molar-refractivity contribution in [1.82, 2.24) is 9.97 Å². The van der Waals surface area contributed by atoms with Crippen LogP contribution in [0, 0.1) is 11.3 Å². The van der Waals surface area contributed by atoms with Gasteiger partial charge in [-0.25, -0.2) is 13.4 Å². The smallest absolute Gasteiger partial charge is 0.238 e. The van der Waals surface area contributed by atoms with E-state index in [1.807, 2.05) is 48.2 Å². The van der Waals surface area contributed by atoms with Crippen molar-refractivity contribution in [1.29, 1.82) is 5.26 Å². The molecule has 1 fully saturated rings. The third-order valence-electron chi connectivity index (χ3n) is 6.74. The summed E-state index contributed by atoms with van der Waals surface area (Å²) in [4.78, 5) is 10.7. The minimum atomic E-state index is -3.52. The van der Waals surface area contributed by atoms with Gasteiger partial charge in [-0.15, -0.1) is 0 Å². The summed E-state index contributed by atoms with van der Waals surface area (Å²) in [5.41, 5.74) is 2.59. The molecule has 2 heterocycles. The topological polar surface area (TPSA) is 127 Å². The maximum atomic E-state index is 11.7. The van der Waals surface area contributed by atoms with Gasteiger partial charge in [-0.1, -0.05) is 44.5 Å². The molecule has 0 radical (unpaired) electrons. The first-order chi connectivity index (χ1) is 19.5. The predicted octanol–water partition coefficient (Wildman–Crippen LogP) is 4.90. The molecule has 4 rings (SSSR count). The molecule has 2 aromatic carbocycles. The molecule has 0 aliphatic carbocycles. The van der Waals surface area contributed by atoms with E-state index in [1.54, 1.807) is 6.20 Å². The number of ether oxygens (including phenoxy) is 3. The molecular formula is C29H34ClN5O5S. The summed E-state index contributed by atoms with van der Waals surface area (Å²) < 4.78 is 43.0. The van der Waals surface area contributed by atoms with Crippen molar-refractivity contribution in [3.8, 4) is 17.6 Å². The molecule has 0 spiro atoms. The fourth-order valence-corrected chi connectivity index (χ4v) is 5.15. The number of sulfonamides is 1. The van der Waals surface area contributed by atoms with E-state index >= 15 is 0 Å². The highest BCUT2D eigenvalue weighted by Crippen LogP contribution is 2.38. The Bertz CT molecular complexity index is 1520. The highest BCUT2D eigenvalue weighted by atomic mass is 35.5. The molecule has 0 atom stereocenters. The summed E-state index contributed by atoms with van der Waals surface area (Å²) in [5, 5.41) is 10.1. The van der Waals surface area contributed by atoms with Crippen molar-refractivity contribution in [3.63, 3.8) is 0 Å². The minimum Gasteiger partial charge on any atom is -0.491 e. The number of nitrogens with zero attached hydrogens (tertiary/aromatic N) is 4. The highest BCUT2D eigenvalue weighted by Gasteiger charge is 2.26. The van der Waals surface area contributed by atoms with Crippen LogP contribution in [0.25, 0.3) is 0 Å². The van der Waals surface area contributed by atoms with Gasteiger partial charge in [0.15, 0.2) is 5.75 Å². The fourth-order valence-electron chi connectivity index (χ4n) is 4.45. The lowest BCUT2D eigenvalue weighted by atomic mass is 9.77. The Morgan fingerprint density at radius 3 is 2.49 bits per heavy atom. The van der Waals surface area contributed by atoms with E-state index in [0.717, 1.165) is 29.4 Å². The third-order valence-corrected chi connectivity index (χ3v) is 7.57. The van der Waals surface area contributed by atoms with Crippen LogP contribution >= 0.6 is 11.6 Å². The fraction of sp³-hybridized carbons (Fsp3) is 0.414. The maximum absolute atomic E-state index is 11.7. The largest absolute Gasteiger partial charge is 0.491 e. The van der Waals surface area contributed by atoms with Gasteiger partial charge in [0.05, 0.1) is 42.2 Å². The molecule has 1 N–H and O–H groups in total. The van der Waals surface area contributed by atoms with Gasteiger partial charge in [-0.05, 0) is 41.8 Å². The molecule has 10 nitrogen and oxygen atoms in total. The average molecular weight is 600 g/mol. The Labute approximate surface area is 246 Å². The number of aromatic nitrogens is 2. The van der Waals surface area contributed by atoms with E-state index in [4.69, 9.17) is 25.8 Å². The SMILES string of the molecule is CCCOc1c(Cl)cc(C(C)(C)c2ccc(OCc3cnc(NS(C)(=O)=O)nc3N3CCOCC3)cc2)cc1C#N. The second-order valence-corrected chi connectivity index (χ2v) is 12.4. The predicted molar refractivity (Wildman–Crippen MR) is 158 cm³/mol. The molecule has 1 aromatic heterocycles. The normalized spacial score (nSPS) is 13.9. The summed E-state index contributed by atoms with van der Waals surface area (Å²) in [6.07, 6.45) is 3.45. The van der Waals surface area contributed by atoms with Crippen molar-refractivity contribution >= 4 is 33.4 Å². The highest BCUT2D eigenvalue weighted by molar-refractivity contribution is 7.91. The minimum absolute atomic E-state index is 0.00828. The molecule has 3 aromatic rings. The molecule has 218 valence electrons. The number of nitriles is 1. The zero-order chi connectivity index (χ0) is 29.6. The lowest BCUT2D eigenvalue weighted by molar-refractivity contribution is 0.122. The molecule has 1 aliphatic rings. The van der Waals surface area contributed by atoms with E-state index in [0.29, 0.717) is 60.8 Å². The van der Waals surface area contributed by atoms with E-state index in [9.17, 15) is 13.7 Å². The van der Waals surface area contributed by atoms with Crippen LogP contribution in [0.3, 0.4) is 0 Å². The van der Waals surface area contributed by atoms with Crippen LogP contribution in [0.2, 0.25) is 5.02 Å². The molecule has 0 amide bonds. The number of hydrogen-bond acceptors (Lipinski definition) is 9. The molecule has 0 unspecified atom stereocenters. The van der Waals surface area contributed by atoms with E-state index in [-0.39, 0.29) is 12.6 Å². The zero-order valence-corrected chi connectivity index (χ0v) is 25.2. The quantitative estimate of drug-likeness (QED) is 0.327. The van der Waals surface area contributed by atoms with E-state index in [2.05, 4.69) is 34.6 Å². The van der Waals surface area contributed by atoms with Crippen LogP contribution in [-0.4, -0.2) is 57.6 Å². The number of morpholine rings is 1. The van der Waals surface area contributed by atoms with Crippen LogP contribution in [0.4, 0.5) is 11.8 Å². The molecular weight excluding hydrogens is 566 g/mol. The first kappa shape index (κ1) is 30.4. The Morgan fingerprint density at radius 2 is 1.85 bits per heavy atom. The second-order valence-electron chi connectivity index (χ2n) is 10.2. The standard InChI is InChI=1S/C29H34ClN5O5S/c1-5-12-39-26-20(17-31)15-23(16-25(26)30)29(2,3)22-6-8-24(9-7-22)40-19-21-18-32-28(34-41(4,36)37)33-27(21)35-10-13-38-14-11-35/h6-9,15-16,18H,5,10-14,19H2,1-4H3,(H,32,33,34). The monoisotopic (exact) mass is 599 g/mol. The molecule has 41 heavy (non-hydrogen) atoms. The first-order valence-electron chi connectivity index (χ1n) is 13.3. The summed E-state index contributed by atoms with van der Waals surface area (Å²) in [7, 11) is -3.52. The second kappa shape index (κ2) is 12.9. The summed E-state index contributed by atoms with van der Waals surface area (Å²) in [6, 6.07) is 13.6. The van der Waals surface area contributed by atoms with E-state index < -0.39 is 15.4 Å². The van der Waals surface area contributed by atoms with Gasteiger partial charge >= 0.3 is 0 Å². The van der Waals surface area contributed by atoms with Crippen LogP contribution < -0.4 is 19.1 Å². The van der Waals surface area contributed by atoms with Crippen LogP contribution in [0.15, 0.2) is 42.6 Å². The van der Waals surface area contributed by atoms with Gasteiger partial charge < -0.3 is 19.1 Å². The summed E-state index contributed by atoms with van der Waals surface area (Å²) >= 11 is 6.53. The van der Waals surface area contributed by atoms with Crippen molar-refractivity contribution in [2.75, 3.05) is 48.8 Å². The maximum Gasteiger partial charge on any atom is 0.238 e. The zero-order valence-electron chi connectivity index (χ0n) is 23.6. The number of halogens is 1. The number of hydrogen-bond donors (Lipinski definition) is 1. The number of rotatable bonds is 11. The average Bonchev–Trinajstić information content (AvgIpc) is 2.95. The van der Waals surface area contributed by atoms with Gasteiger partial charge in [-0.3, -0.25) is 4.72 Å². The number of benzene rings is 2. The van der Waals surface area contributed by atoms with E-state index in [1.165, 1.54) is 0 Å². The summed E-state index contributed by atoms with van der Waals surface area (Å²) in [5.74, 6) is 1.67. The van der Waals surface area contributed by atoms with Gasteiger partial charge in [0.2, 0.25) is 16.0 Å². The molecule has 0 bridgehead atoms.